The standard InChI is InChI=1S/C30H22O2/c1-19(31)29(25-15-7-3-11-21(25)22-12-4-8-16-26(22)29)30(20(2)32)27-17-9-5-13-23(27)24-14-6-10-18-28(24)30/h3-18H,1-2H3. The molecule has 0 aromatic heterocycles. The van der Waals surface area contributed by atoms with E-state index in [1.54, 1.807) is 13.8 Å². The lowest BCUT2D eigenvalue weighted by Gasteiger charge is -2.46. The molecule has 2 nitrogen and oxygen atoms in total. The van der Waals surface area contributed by atoms with E-state index < -0.39 is 10.8 Å². The fourth-order valence-electron chi connectivity index (χ4n) is 6.56. The molecule has 154 valence electrons. The molecule has 0 aliphatic heterocycles. The Bertz CT molecular complexity index is 1240. The van der Waals surface area contributed by atoms with Crippen LogP contribution in [0.25, 0.3) is 22.3 Å². The summed E-state index contributed by atoms with van der Waals surface area (Å²) in [6.45, 7) is 3.29. The Morgan fingerprint density at radius 3 is 0.875 bits per heavy atom. The maximum absolute atomic E-state index is 14.1. The number of ketones is 2. The van der Waals surface area contributed by atoms with E-state index in [4.69, 9.17) is 0 Å². The molecule has 0 N–H and O–H groups in total. The van der Waals surface area contributed by atoms with Gasteiger partial charge in [0.15, 0.2) is 0 Å². The summed E-state index contributed by atoms with van der Waals surface area (Å²) in [7, 11) is 0. The van der Waals surface area contributed by atoms with Gasteiger partial charge in [0.05, 0.1) is 0 Å². The highest BCUT2D eigenvalue weighted by Crippen LogP contribution is 2.65. The van der Waals surface area contributed by atoms with E-state index in [0.29, 0.717) is 0 Å². The van der Waals surface area contributed by atoms with Gasteiger partial charge < -0.3 is 0 Å². The molecule has 0 unspecified atom stereocenters. The van der Waals surface area contributed by atoms with Crippen LogP contribution in [0.15, 0.2) is 97.1 Å². The number of hydrogen-bond donors (Lipinski definition) is 0. The molecule has 0 radical (unpaired) electrons. The maximum atomic E-state index is 14.1. The van der Waals surface area contributed by atoms with Gasteiger partial charge in [0.2, 0.25) is 0 Å². The van der Waals surface area contributed by atoms with Gasteiger partial charge in [0.1, 0.15) is 22.4 Å². The van der Waals surface area contributed by atoms with Gasteiger partial charge in [-0.05, 0) is 58.4 Å². The van der Waals surface area contributed by atoms with E-state index in [2.05, 4.69) is 24.3 Å². The second kappa shape index (κ2) is 6.37. The third kappa shape index (κ3) is 1.92. The minimum Gasteiger partial charge on any atom is -0.299 e. The van der Waals surface area contributed by atoms with E-state index in [9.17, 15) is 9.59 Å². The van der Waals surface area contributed by atoms with Gasteiger partial charge in [-0.15, -0.1) is 0 Å². The molecule has 0 amide bonds. The number of carbonyl (C=O) groups is 2. The number of fused-ring (bicyclic) bond motifs is 6. The molecule has 4 aromatic rings. The second-order valence-electron chi connectivity index (χ2n) is 8.79. The number of hydrogen-bond acceptors (Lipinski definition) is 2. The van der Waals surface area contributed by atoms with Crippen molar-refractivity contribution in [2.24, 2.45) is 0 Å². The summed E-state index contributed by atoms with van der Waals surface area (Å²) < 4.78 is 0. The van der Waals surface area contributed by atoms with Gasteiger partial charge in [-0.1, -0.05) is 97.1 Å². The Kier molecular flexibility index (Phi) is 3.77. The van der Waals surface area contributed by atoms with E-state index in [-0.39, 0.29) is 11.6 Å². The highest BCUT2D eigenvalue weighted by Gasteiger charge is 2.67. The van der Waals surface area contributed by atoms with Crippen LogP contribution in [-0.4, -0.2) is 11.6 Å². The second-order valence-corrected chi connectivity index (χ2v) is 8.79. The van der Waals surface area contributed by atoms with Gasteiger partial charge >= 0.3 is 0 Å². The van der Waals surface area contributed by atoms with Crippen LogP contribution in [-0.2, 0) is 20.4 Å². The van der Waals surface area contributed by atoms with Crippen molar-refractivity contribution < 1.29 is 9.59 Å². The molecular weight excluding hydrogens is 392 g/mol. The molecule has 2 aliphatic rings. The summed E-state index contributed by atoms with van der Waals surface area (Å²) in [4.78, 5) is 28.1. The Morgan fingerprint density at radius 2 is 0.656 bits per heavy atom. The summed E-state index contributed by atoms with van der Waals surface area (Å²) >= 11 is 0. The molecule has 4 aromatic carbocycles. The fraction of sp³-hybridized carbons (Fsp3) is 0.133. The first-order valence-electron chi connectivity index (χ1n) is 11.0. The molecule has 0 atom stereocenters. The molecule has 0 saturated heterocycles. The van der Waals surface area contributed by atoms with Crippen LogP contribution in [0, 0.1) is 0 Å². The Labute approximate surface area is 187 Å². The predicted octanol–water partition coefficient (Wildman–Crippen LogP) is 6.10. The Hall–Kier alpha value is -3.78. The zero-order valence-corrected chi connectivity index (χ0v) is 18.1. The first-order chi connectivity index (χ1) is 15.6. The van der Waals surface area contributed by atoms with E-state index >= 15 is 0 Å². The largest absolute Gasteiger partial charge is 0.299 e. The Morgan fingerprint density at radius 1 is 0.438 bits per heavy atom. The van der Waals surface area contributed by atoms with Crippen molar-refractivity contribution in [3.63, 3.8) is 0 Å². The number of carbonyl (C=O) groups excluding carboxylic acids is 2. The maximum Gasteiger partial charge on any atom is 0.146 e. The number of benzene rings is 4. The quantitative estimate of drug-likeness (QED) is 0.406. The van der Waals surface area contributed by atoms with Gasteiger partial charge in [-0.25, -0.2) is 0 Å². The summed E-state index contributed by atoms with van der Waals surface area (Å²) in [5.41, 5.74) is 5.48. The van der Waals surface area contributed by atoms with Gasteiger partial charge in [-0.3, -0.25) is 9.59 Å². The number of Topliss-reactive ketones (excluding diaryl/α,β-unsaturated/α-hetero) is 2. The average molecular weight is 415 g/mol. The van der Waals surface area contributed by atoms with E-state index in [0.717, 1.165) is 44.5 Å². The molecule has 0 bridgehead atoms. The van der Waals surface area contributed by atoms with Gasteiger partial charge in [0, 0.05) is 0 Å². The summed E-state index contributed by atoms with van der Waals surface area (Å²) in [5.74, 6) is -0.0341. The molecule has 2 aliphatic carbocycles. The lowest BCUT2D eigenvalue weighted by Crippen LogP contribution is -2.57. The number of rotatable bonds is 3. The molecule has 0 fully saturated rings. The van der Waals surface area contributed by atoms with E-state index in [1.807, 2.05) is 72.8 Å². The van der Waals surface area contributed by atoms with Crippen LogP contribution in [0.2, 0.25) is 0 Å². The molecule has 0 spiro atoms. The third-order valence-corrected chi connectivity index (χ3v) is 7.52. The van der Waals surface area contributed by atoms with Crippen LogP contribution in [0.4, 0.5) is 0 Å². The van der Waals surface area contributed by atoms with Crippen molar-refractivity contribution in [3.8, 4) is 22.3 Å². The van der Waals surface area contributed by atoms with Gasteiger partial charge in [0.25, 0.3) is 0 Å². The third-order valence-electron chi connectivity index (χ3n) is 7.52. The van der Waals surface area contributed by atoms with Crippen LogP contribution < -0.4 is 0 Å². The first-order valence-corrected chi connectivity index (χ1v) is 11.0. The van der Waals surface area contributed by atoms with E-state index in [1.165, 1.54) is 0 Å². The summed E-state index contributed by atoms with van der Waals surface area (Å²) in [5, 5.41) is 0. The van der Waals surface area contributed by atoms with Crippen LogP contribution >= 0.6 is 0 Å². The van der Waals surface area contributed by atoms with Crippen molar-refractivity contribution in [1.29, 1.82) is 0 Å². The molecule has 6 rings (SSSR count). The topological polar surface area (TPSA) is 34.1 Å². The first kappa shape index (κ1) is 18.9. The Balaban J connectivity index is 1.90. The monoisotopic (exact) mass is 414 g/mol. The fourth-order valence-corrected chi connectivity index (χ4v) is 6.56. The lowest BCUT2D eigenvalue weighted by atomic mass is 9.51. The molecule has 32 heavy (non-hydrogen) atoms. The highest BCUT2D eigenvalue weighted by molar-refractivity contribution is 6.14. The minimum atomic E-state index is -1.14. The summed E-state index contributed by atoms with van der Waals surface area (Å²) in [6.07, 6.45) is 0. The average Bonchev–Trinajstić information content (AvgIpc) is 3.29. The van der Waals surface area contributed by atoms with Crippen molar-refractivity contribution in [3.05, 3.63) is 119 Å². The summed E-state index contributed by atoms with van der Waals surface area (Å²) in [6, 6.07) is 32.3. The minimum absolute atomic E-state index is 0.0170. The van der Waals surface area contributed by atoms with Crippen molar-refractivity contribution in [2.75, 3.05) is 0 Å². The highest BCUT2D eigenvalue weighted by atomic mass is 16.1. The zero-order chi connectivity index (χ0) is 22.1. The lowest BCUT2D eigenvalue weighted by molar-refractivity contribution is -0.130. The van der Waals surface area contributed by atoms with Crippen molar-refractivity contribution in [1.82, 2.24) is 0 Å². The predicted molar refractivity (Wildman–Crippen MR) is 127 cm³/mol. The molecule has 2 heteroatoms. The van der Waals surface area contributed by atoms with Crippen molar-refractivity contribution >= 4 is 11.6 Å². The SMILES string of the molecule is CC(=O)C1(C2(C(C)=O)c3ccccc3-c3ccccc32)c2ccccc2-c2ccccc21. The van der Waals surface area contributed by atoms with Crippen LogP contribution in [0.1, 0.15) is 36.1 Å². The normalized spacial score (nSPS) is 15.9. The zero-order valence-electron chi connectivity index (χ0n) is 18.1. The smallest absolute Gasteiger partial charge is 0.146 e. The van der Waals surface area contributed by atoms with Gasteiger partial charge in [-0.2, -0.15) is 0 Å². The molecule has 0 heterocycles. The molecular formula is C30H22O2. The van der Waals surface area contributed by atoms with Crippen LogP contribution in [0.3, 0.4) is 0 Å². The van der Waals surface area contributed by atoms with Crippen molar-refractivity contribution in [2.45, 2.75) is 24.7 Å². The molecule has 0 saturated carbocycles. The van der Waals surface area contributed by atoms with Crippen LogP contribution in [0.5, 0.6) is 0 Å².